The monoisotopic (exact) mass is 257 g/mol. The molecule has 0 saturated heterocycles. The molecule has 2 heterocycles. The molecule has 0 aromatic carbocycles. The Balaban J connectivity index is 2.02. The third-order valence-corrected chi connectivity index (χ3v) is 2.89. The zero-order valence-corrected chi connectivity index (χ0v) is 11.4. The van der Waals surface area contributed by atoms with Gasteiger partial charge in [0.2, 0.25) is 0 Å². The Morgan fingerprint density at radius 3 is 2.63 bits per heavy atom. The highest BCUT2D eigenvalue weighted by Crippen LogP contribution is 2.15. The van der Waals surface area contributed by atoms with Gasteiger partial charge in [0.05, 0.1) is 5.69 Å². The minimum absolute atomic E-state index is 0.799. The van der Waals surface area contributed by atoms with E-state index in [0.717, 1.165) is 36.7 Å². The van der Waals surface area contributed by atoms with Gasteiger partial charge in [-0.3, -0.25) is 4.98 Å². The van der Waals surface area contributed by atoms with Crippen LogP contribution in [0.4, 0.5) is 5.82 Å². The Morgan fingerprint density at radius 2 is 2.00 bits per heavy atom. The summed E-state index contributed by atoms with van der Waals surface area (Å²) in [7, 11) is 3.99. The van der Waals surface area contributed by atoms with Gasteiger partial charge in [-0.25, -0.2) is 0 Å². The lowest BCUT2D eigenvalue weighted by Crippen LogP contribution is -2.23. The summed E-state index contributed by atoms with van der Waals surface area (Å²) < 4.78 is 0. The molecular formula is C14H19N5. The van der Waals surface area contributed by atoms with Gasteiger partial charge in [-0.2, -0.15) is 0 Å². The topological polar surface area (TPSA) is 53.9 Å². The Bertz CT molecular complexity index is 483. The van der Waals surface area contributed by atoms with Crippen molar-refractivity contribution < 1.29 is 0 Å². The standard InChI is InChI=1S/C14H19N5/c1-15-9-5-11-19(2)14-8-7-13(17-18-14)12-6-3-4-10-16-12/h3-4,6-8,10,15H,5,9,11H2,1-2H3. The van der Waals surface area contributed by atoms with E-state index >= 15 is 0 Å². The molecule has 0 amide bonds. The quantitative estimate of drug-likeness (QED) is 0.796. The molecule has 0 saturated carbocycles. The average molecular weight is 257 g/mol. The minimum atomic E-state index is 0.799. The summed E-state index contributed by atoms with van der Waals surface area (Å²) in [4.78, 5) is 6.36. The smallest absolute Gasteiger partial charge is 0.151 e. The van der Waals surface area contributed by atoms with Crippen LogP contribution in [0.25, 0.3) is 11.4 Å². The van der Waals surface area contributed by atoms with Gasteiger partial charge in [-0.15, -0.1) is 10.2 Å². The van der Waals surface area contributed by atoms with Crippen molar-refractivity contribution in [2.45, 2.75) is 6.42 Å². The molecule has 0 aliphatic rings. The second-order valence-electron chi connectivity index (χ2n) is 4.37. The molecule has 0 bridgehead atoms. The largest absolute Gasteiger partial charge is 0.358 e. The first-order valence-corrected chi connectivity index (χ1v) is 6.42. The van der Waals surface area contributed by atoms with Crippen LogP contribution >= 0.6 is 0 Å². The minimum Gasteiger partial charge on any atom is -0.358 e. The molecule has 19 heavy (non-hydrogen) atoms. The summed E-state index contributed by atoms with van der Waals surface area (Å²) in [6, 6.07) is 9.71. The molecule has 0 unspecified atom stereocenters. The van der Waals surface area contributed by atoms with E-state index in [1.807, 2.05) is 44.4 Å². The molecule has 0 radical (unpaired) electrons. The van der Waals surface area contributed by atoms with E-state index < -0.39 is 0 Å². The van der Waals surface area contributed by atoms with Crippen LogP contribution in [-0.2, 0) is 0 Å². The summed E-state index contributed by atoms with van der Waals surface area (Å²) in [5.41, 5.74) is 1.65. The highest BCUT2D eigenvalue weighted by atomic mass is 15.2. The highest BCUT2D eigenvalue weighted by Gasteiger charge is 2.05. The van der Waals surface area contributed by atoms with Gasteiger partial charge in [0.15, 0.2) is 5.82 Å². The maximum Gasteiger partial charge on any atom is 0.151 e. The predicted molar refractivity (Wildman–Crippen MR) is 77.1 cm³/mol. The lowest BCUT2D eigenvalue weighted by atomic mass is 10.2. The van der Waals surface area contributed by atoms with E-state index in [0.29, 0.717) is 0 Å². The fourth-order valence-electron chi connectivity index (χ4n) is 1.79. The third-order valence-electron chi connectivity index (χ3n) is 2.89. The number of aromatic nitrogens is 3. The molecule has 2 aromatic heterocycles. The van der Waals surface area contributed by atoms with Crippen LogP contribution in [0, 0.1) is 0 Å². The molecular weight excluding hydrogens is 238 g/mol. The lowest BCUT2D eigenvalue weighted by molar-refractivity contribution is 0.706. The molecule has 0 atom stereocenters. The van der Waals surface area contributed by atoms with E-state index in [-0.39, 0.29) is 0 Å². The van der Waals surface area contributed by atoms with Gasteiger partial charge in [0.25, 0.3) is 0 Å². The summed E-state index contributed by atoms with van der Waals surface area (Å²) >= 11 is 0. The predicted octanol–water partition coefficient (Wildman–Crippen LogP) is 1.58. The fraction of sp³-hybridized carbons (Fsp3) is 0.357. The van der Waals surface area contributed by atoms with Crippen molar-refractivity contribution in [2.75, 3.05) is 32.1 Å². The molecule has 1 N–H and O–H groups in total. The maximum atomic E-state index is 4.26. The fourth-order valence-corrected chi connectivity index (χ4v) is 1.79. The van der Waals surface area contributed by atoms with Crippen molar-refractivity contribution in [2.24, 2.45) is 0 Å². The molecule has 2 aromatic rings. The first kappa shape index (κ1) is 13.4. The Kier molecular flexibility index (Phi) is 4.80. The number of nitrogens with zero attached hydrogens (tertiary/aromatic N) is 4. The lowest BCUT2D eigenvalue weighted by Gasteiger charge is -2.17. The molecule has 100 valence electrons. The van der Waals surface area contributed by atoms with Crippen molar-refractivity contribution >= 4 is 5.82 Å². The molecule has 5 heteroatoms. The molecule has 0 aliphatic heterocycles. The summed E-state index contributed by atoms with van der Waals surface area (Å²) in [6.45, 7) is 1.96. The number of hydrogen-bond acceptors (Lipinski definition) is 5. The van der Waals surface area contributed by atoms with Crippen molar-refractivity contribution in [1.29, 1.82) is 0 Å². The van der Waals surface area contributed by atoms with Gasteiger partial charge >= 0.3 is 0 Å². The van der Waals surface area contributed by atoms with Crippen molar-refractivity contribution in [3.8, 4) is 11.4 Å². The van der Waals surface area contributed by atoms with Crippen molar-refractivity contribution in [3.63, 3.8) is 0 Å². The third kappa shape index (κ3) is 3.72. The molecule has 5 nitrogen and oxygen atoms in total. The van der Waals surface area contributed by atoms with Crippen molar-refractivity contribution in [3.05, 3.63) is 36.5 Å². The highest BCUT2D eigenvalue weighted by molar-refractivity contribution is 5.54. The molecule has 0 fully saturated rings. The van der Waals surface area contributed by atoms with Gasteiger partial charge in [0, 0.05) is 19.8 Å². The van der Waals surface area contributed by atoms with Gasteiger partial charge < -0.3 is 10.2 Å². The van der Waals surface area contributed by atoms with Crippen LogP contribution in [0.2, 0.25) is 0 Å². The summed E-state index contributed by atoms with van der Waals surface area (Å²) in [5.74, 6) is 0.885. The number of nitrogens with one attached hydrogen (secondary N) is 1. The number of hydrogen-bond donors (Lipinski definition) is 1. The summed E-state index contributed by atoms with van der Waals surface area (Å²) in [5, 5.41) is 11.6. The van der Waals surface area contributed by atoms with Gasteiger partial charge in [-0.1, -0.05) is 6.07 Å². The first-order chi connectivity index (χ1) is 9.31. The average Bonchev–Trinajstić information content (AvgIpc) is 2.48. The number of pyridine rings is 1. The second kappa shape index (κ2) is 6.80. The van der Waals surface area contributed by atoms with Crippen LogP contribution in [-0.4, -0.2) is 42.4 Å². The van der Waals surface area contributed by atoms with Crippen LogP contribution in [0.5, 0.6) is 0 Å². The Morgan fingerprint density at radius 1 is 1.11 bits per heavy atom. The Hall–Kier alpha value is -2.01. The zero-order valence-electron chi connectivity index (χ0n) is 11.4. The van der Waals surface area contributed by atoms with Crippen LogP contribution in [0.15, 0.2) is 36.5 Å². The molecule has 2 rings (SSSR count). The SMILES string of the molecule is CNCCCN(C)c1ccc(-c2ccccn2)nn1. The number of rotatable bonds is 6. The maximum absolute atomic E-state index is 4.26. The number of anilines is 1. The van der Waals surface area contributed by atoms with Gasteiger partial charge in [-0.05, 0) is 44.3 Å². The first-order valence-electron chi connectivity index (χ1n) is 6.42. The Labute approximate surface area is 113 Å². The second-order valence-corrected chi connectivity index (χ2v) is 4.37. The normalized spacial score (nSPS) is 10.4. The molecule has 0 spiro atoms. The van der Waals surface area contributed by atoms with Gasteiger partial charge in [0.1, 0.15) is 5.69 Å². The van der Waals surface area contributed by atoms with E-state index in [1.165, 1.54) is 0 Å². The van der Waals surface area contributed by atoms with E-state index in [4.69, 9.17) is 0 Å². The summed E-state index contributed by atoms with van der Waals surface area (Å²) in [6.07, 6.45) is 2.84. The van der Waals surface area contributed by atoms with E-state index in [9.17, 15) is 0 Å². The molecule has 0 aliphatic carbocycles. The van der Waals surface area contributed by atoms with E-state index in [1.54, 1.807) is 6.20 Å². The van der Waals surface area contributed by atoms with E-state index in [2.05, 4.69) is 25.4 Å². The van der Waals surface area contributed by atoms with Crippen molar-refractivity contribution in [1.82, 2.24) is 20.5 Å². The van der Waals surface area contributed by atoms with Crippen LogP contribution in [0.1, 0.15) is 6.42 Å². The van der Waals surface area contributed by atoms with Crippen LogP contribution < -0.4 is 10.2 Å². The van der Waals surface area contributed by atoms with Crippen LogP contribution in [0.3, 0.4) is 0 Å². The zero-order chi connectivity index (χ0) is 13.5.